The molecule has 1 N–H and O–H groups in total. The van der Waals surface area contributed by atoms with E-state index in [0.717, 1.165) is 5.56 Å². The van der Waals surface area contributed by atoms with Gasteiger partial charge in [-0.25, -0.2) is 0 Å². The largest absolute Gasteiger partial charge is 0.507 e. The minimum Gasteiger partial charge on any atom is -0.507 e. The third kappa shape index (κ3) is 3.47. The number of Topliss-reactive ketones (excluding diaryl/α,β-unsaturated/α-hetero) is 1. The van der Waals surface area contributed by atoms with Crippen LogP contribution in [-0.4, -0.2) is 21.7 Å². The second-order valence-corrected chi connectivity index (χ2v) is 7.33. The number of nitrogens with zero attached hydrogens (tertiary/aromatic N) is 2. The Kier molecular flexibility index (Phi) is 5.08. The molecular formula is C22H15ClN2O6. The predicted molar refractivity (Wildman–Crippen MR) is 113 cm³/mol. The summed E-state index contributed by atoms with van der Waals surface area (Å²) in [5.74, 6) is -1.96. The lowest BCUT2D eigenvalue weighted by Crippen LogP contribution is -2.29. The number of carbonyl (C=O) groups is 2. The summed E-state index contributed by atoms with van der Waals surface area (Å²) in [6.45, 7) is 1.80. The number of ketones is 1. The van der Waals surface area contributed by atoms with Gasteiger partial charge in [0.25, 0.3) is 17.4 Å². The third-order valence-corrected chi connectivity index (χ3v) is 5.45. The van der Waals surface area contributed by atoms with Crippen LogP contribution < -0.4 is 4.90 Å². The van der Waals surface area contributed by atoms with E-state index in [4.69, 9.17) is 16.0 Å². The van der Waals surface area contributed by atoms with Gasteiger partial charge in [0.1, 0.15) is 17.6 Å². The molecule has 1 saturated heterocycles. The smallest absolute Gasteiger partial charge is 0.300 e. The van der Waals surface area contributed by atoms with E-state index < -0.39 is 28.4 Å². The molecule has 4 rings (SSSR count). The number of carbonyl (C=O) groups excluding carboxylic acids is 2. The molecule has 0 spiro atoms. The molecule has 1 aromatic heterocycles. The van der Waals surface area contributed by atoms with E-state index in [1.165, 1.54) is 35.4 Å². The molecule has 1 aliphatic rings. The summed E-state index contributed by atoms with van der Waals surface area (Å²) in [5.41, 5.74) is 0.950. The zero-order chi connectivity index (χ0) is 22.3. The van der Waals surface area contributed by atoms with E-state index in [1.807, 2.05) is 0 Å². The highest BCUT2D eigenvalue weighted by Crippen LogP contribution is 2.43. The number of halogens is 1. The Labute approximate surface area is 181 Å². The van der Waals surface area contributed by atoms with Crippen LogP contribution >= 0.6 is 11.6 Å². The molecule has 9 heteroatoms. The Bertz CT molecular complexity index is 1230. The number of rotatable bonds is 4. The first-order chi connectivity index (χ1) is 14.8. The van der Waals surface area contributed by atoms with Crippen molar-refractivity contribution in [3.8, 4) is 0 Å². The first kappa shape index (κ1) is 20.4. The fourth-order valence-electron chi connectivity index (χ4n) is 3.44. The Morgan fingerprint density at radius 3 is 2.45 bits per heavy atom. The molecule has 1 atom stereocenters. The molecule has 156 valence electrons. The van der Waals surface area contributed by atoms with Gasteiger partial charge in [-0.05, 0) is 48.9 Å². The predicted octanol–water partition coefficient (Wildman–Crippen LogP) is 4.78. The van der Waals surface area contributed by atoms with Gasteiger partial charge < -0.3 is 9.52 Å². The first-order valence-corrected chi connectivity index (χ1v) is 9.52. The van der Waals surface area contributed by atoms with Crippen molar-refractivity contribution in [2.24, 2.45) is 0 Å². The number of anilines is 1. The SMILES string of the molecule is Cc1ccc(N2C(=O)C(=O)/C(=C(\O)c3ccc([N+](=O)[O-])cc3)C2c2ccco2)cc1Cl. The monoisotopic (exact) mass is 438 g/mol. The summed E-state index contributed by atoms with van der Waals surface area (Å²) >= 11 is 6.22. The maximum atomic E-state index is 13.0. The van der Waals surface area contributed by atoms with Crippen LogP contribution in [0.15, 0.2) is 70.9 Å². The van der Waals surface area contributed by atoms with E-state index in [0.29, 0.717) is 10.7 Å². The van der Waals surface area contributed by atoms with Crippen molar-refractivity contribution in [3.63, 3.8) is 0 Å². The van der Waals surface area contributed by atoms with Gasteiger partial charge in [-0.2, -0.15) is 0 Å². The lowest BCUT2D eigenvalue weighted by molar-refractivity contribution is -0.384. The zero-order valence-electron chi connectivity index (χ0n) is 16.1. The Balaban J connectivity index is 1.89. The molecule has 0 aliphatic carbocycles. The van der Waals surface area contributed by atoms with Gasteiger partial charge in [-0.15, -0.1) is 0 Å². The number of amides is 1. The van der Waals surface area contributed by atoms with Crippen molar-refractivity contribution in [3.05, 3.63) is 98.5 Å². The normalized spacial score (nSPS) is 17.9. The second kappa shape index (κ2) is 7.73. The molecule has 0 saturated carbocycles. The maximum absolute atomic E-state index is 13.0. The minimum atomic E-state index is -1.04. The van der Waals surface area contributed by atoms with E-state index in [1.54, 1.807) is 37.3 Å². The topological polar surface area (TPSA) is 114 Å². The summed E-state index contributed by atoms with van der Waals surface area (Å²) in [5, 5.41) is 22.2. The number of benzene rings is 2. The number of furan rings is 1. The molecule has 2 heterocycles. The number of nitro groups is 1. The minimum absolute atomic E-state index is 0.155. The quantitative estimate of drug-likeness (QED) is 0.206. The Morgan fingerprint density at radius 2 is 1.87 bits per heavy atom. The highest BCUT2D eigenvalue weighted by Gasteiger charge is 2.48. The van der Waals surface area contributed by atoms with E-state index >= 15 is 0 Å². The van der Waals surface area contributed by atoms with Gasteiger partial charge in [0.2, 0.25) is 0 Å². The molecule has 8 nitrogen and oxygen atoms in total. The van der Waals surface area contributed by atoms with Gasteiger partial charge in [0.15, 0.2) is 0 Å². The van der Waals surface area contributed by atoms with Crippen LogP contribution in [0.2, 0.25) is 5.02 Å². The lowest BCUT2D eigenvalue weighted by Gasteiger charge is -2.23. The maximum Gasteiger partial charge on any atom is 0.300 e. The van der Waals surface area contributed by atoms with Gasteiger partial charge >= 0.3 is 0 Å². The number of non-ortho nitro benzene ring substituents is 1. The standard InChI is InChI=1S/C22H15ClN2O6/c1-12-4-7-15(11-16(12)23)24-19(17-3-2-10-31-17)18(21(27)22(24)28)20(26)13-5-8-14(9-6-13)25(29)30/h2-11,19,26H,1H3/b20-18-. The van der Waals surface area contributed by atoms with Crippen LogP contribution in [0.5, 0.6) is 0 Å². The van der Waals surface area contributed by atoms with E-state index in [9.17, 15) is 24.8 Å². The van der Waals surface area contributed by atoms with Gasteiger partial charge in [0, 0.05) is 28.4 Å². The van der Waals surface area contributed by atoms with Crippen molar-refractivity contribution in [1.29, 1.82) is 0 Å². The van der Waals surface area contributed by atoms with Crippen LogP contribution in [0.1, 0.15) is 22.9 Å². The van der Waals surface area contributed by atoms with Gasteiger partial charge in [0.05, 0.1) is 16.8 Å². The lowest BCUT2D eigenvalue weighted by atomic mass is 9.99. The van der Waals surface area contributed by atoms with E-state index in [2.05, 4.69) is 0 Å². The van der Waals surface area contributed by atoms with Gasteiger partial charge in [-0.1, -0.05) is 17.7 Å². The fourth-order valence-corrected chi connectivity index (χ4v) is 3.62. The van der Waals surface area contributed by atoms with Crippen LogP contribution in [-0.2, 0) is 9.59 Å². The summed E-state index contributed by atoms with van der Waals surface area (Å²) in [6.07, 6.45) is 1.39. The van der Waals surface area contributed by atoms with Crippen molar-refractivity contribution in [1.82, 2.24) is 0 Å². The second-order valence-electron chi connectivity index (χ2n) is 6.92. The number of aliphatic hydroxyl groups excluding tert-OH is 1. The molecule has 0 radical (unpaired) electrons. The molecular weight excluding hydrogens is 424 g/mol. The molecule has 3 aromatic rings. The molecule has 1 unspecified atom stereocenters. The number of hydrogen-bond donors (Lipinski definition) is 1. The summed E-state index contributed by atoms with van der Waals surface area (Å²) in [6, 6.07) is 12.1. The molecule has 31 heavy (non-hydrogen) atoms. The van der Waals surface area contributed by atoms with Crippen molar-refractivity contribution in [2.45, 2.75) is 13.0 Å². The molecule has 0 bridgehead atoms. The average Bonchev–Trinajstić information content (AvgIpc) is 3.37. The summed E-state index contributed by atoms with van der Waals surface area (Å²) in [7, 11) is 0. The van der Waals surface area contributed by atoms with Crippen LogP contribution in [0.3, 0.4) is 0 Å². The highest BCUT2D eigenvalue weighted by molar-refractivity contribution is 6.51. The van der Waals surface area contributed by atoms with Crippen LogP contribution in [0.4, 0.5) is 11.4 Å². The van der Waals surface area contributed by atoms with Crippen LogP contribution in [0, 0.1) is 17.0 Å². The zero-order valence-corrected chi connectivity index (χ0v) is 16.9. The molecule has 1 fully saturated rings. The summed E-state index contributed by atoms with van der Waals surface area (Å²) in [4.78, 5) is 37.4. The van der Waals surface area contributed by atoms with Crippen molar-refractivity contribution < 1.29 is 24.0 Å². The number of aryl methyl sites for hydroxylation is 1. The Morgan fingerprint density at radius 1 is 1.16 bits per heavy atom. The van der Waals surface area contributed by atoms with Gasteiger partial charge in [-0.3, -0.25) is 24.6 Å². The van der Waals surface area contributed by atoms with Crippen molar-refractivity contribution in [2.75, 3.05) is 4.90 Å². The number of aliphatic hydroxyl groups is 1. The molecule has 1 aliphatic heterocycles. The van der Waals surface area contributed by atoms with E-state index in [-0.39, 0.29) is 22.6 Å². The molecule has 1 amide bonds. The first-order valence-electron chi connectivity index (χ1n) is 9.15. The third-order valence-electron chi connectivity index (χ3n) is 5.04. The fraction of sp³-hybridized carbons (Fsp3) is 0.0909. The van der Waals surface area contributed by atoms with Crippen molar-refractivity contribution >= 4 is 40.4 Å². The summed E-state index contributed by atoms with van der Waals surface area (Å²) < 4.78 is 5.47. The average molecular weight is 439 g/mol. The number of hydrogen-bond acceptors (Lipinski definition) is 6. The Hall–Kier alpha value is -3.91. The number of nitro benzene ring substituents is 1. The van der Waals surface area contributed by atoms with Crippen LogP contribution in [0.25, 0.3) is 5.76 Å². The highest BCUT2D eigenvalue weighted by atomic mass is 35.5. The molecule has 2 aromatic carbocycles.